The number of hydrogen-bond donors (Lipinski definition) is 2. The normalized spacial score (nSPS) is 12.9. The molecule has 0 bridgehead atoms. The van der Waals surface area contributed by atoms with E-state index in [1.54, 1.807) is 12.5 Å². The Hall–Kier alpha value is -2.44. The molecule has 7 nitrogen and oxygen atoms in total. The molecule has 2 aromatic rings. The van der Waals surface area contributed by atoms with Gasteiger partial charge in [0.2, 0.25) is 0 Å². The van der Waals surface area contributed by atoms with Crippen molar-refractivity contribution < 1.29 is 4.79 Å². The van der Waals surface area contributed by atoms with Gasteiger partial charge in [-0.25, -0.2) is 9.97 Å². The highest BCUT2D eigenvalue weighted by Gasteiger charge is 2.27. The molecule has 0 radical (unpaired) electrons. The Bertz CT molecular complexity index is 634. The molecule has 1 amide bonds. The zero-order chi connectivity index (χ0) is 15.5. The average molecular weight is 289 g/mol. The molecule has 7 heteroatoms. The molecule has 0 aliphatic rings. The maximum Gasteiger partial charge on any atom is 0.271 e. The first-order chi connectivity index (χ1) is 9.86. The summed E-state index contributed by atoms with van der Waals surface area (Å²) in [6, 6.07) is -0.104. The first kappa shape index (κ1) is 15.0. The fourth-order valence-electron chi connectivity index (χ4n) is 1.84. The molecule has 0 saturated heterocycles. The number of nitrogens with zero attached hydrogens (tertiary/aromatic N) is 3. The highest BCUT2D eigenvalue weighted by atomic mass is 16.2. The van der Waals surface area contributed by atoms with Crippen LogP contribution in [0.1, 0.15) is 31.3 Å². The van der Waals surface area contributed by atoms with Gasteiger partial charge in [-0.15, -0.1) is 0 Å². The molecule has 0 aliphatic carbocycles. The van der Waals surface area contributed by atoms with Gasteiger partial charge in [-0.1, -0.05) is 20.8 Å². The van der Waals surface area contributed by atoms with E-state index < -0.39 is 0 Å². The van der Waals surface area contributed by atoms with Gasteiger partial charge in [0.15, 0.2) is 0 Å². The second-order valence-electron chi connectivity index (χ2n) is 5.95. The smallest absolute Gasteiger partial charge is 0.271 e. The fourth-order valence-corrected chi connectivity index (χ4v) is 1.84. The number of carbonyl (C=O) groups is 1. The maximum atomic E-state index is 12.2. The number of nitrogens with one attached hydrogen (secondary N) is 2. The summed E-state index contributed by atoms with van der Waals surface area (Å²) in [5, 5.41) is 2.96. The lowest BCUT2D eigenvalue weighted by Crippen LogP contribution is -2.46. The summed E-state index contributed by atoms with van der Waals surface area (Å²) < 4.78 is 1.91. The van der Waals surface area contributed by atoms with E-state index in [1.807, 2.05) is 10.8 Å². The lowest BCUT2D eigenvalue weighted by molar-refractivity contribution is 0.0887. The minimum absolute atomic E-state index is 0.104. The Morgan fingerprint density at radius 2 is 2.24 bits per heavy atom. The third kappa shape index (κ3) is 4.01. The largest absolute Gasteiger partial charge is 0.346 e. The number of aromatic nitrogens is 4. The molecule has 0 aliphatic heterocycles. The summed E-state index contributed by atoms with van der Waals surface area (Å²) in [6.07, 6.45) is 7.67. The van der Waals surface area contributed by atoms with Crippen molar-refractivity contribution in [2.45, 2.75) is 33.4 Å². The van der Waals surface area contributed by atoms with E-state index in [4.69, 9.17) is 0 Å². The summed E-state index contributed by atoms with van der Waals surface area (Å²) in [6.45, 7) is 6.76. The molecule has 1 atom stereocenters. The second kappa shape index (κ2) is 5.90. The zero-order valence-corrected chi connectivity index (χ0v) is 12.3. The summed E-state index contributed by atoms with van der Waals surface area (Å²) in [7, 11) is 0. The average Bonchev–Trinajstić information content (AvgIpc) is 2.90. The third-order valence-electron chi connectivity index (χ3n) is 3.21. The van der Waals surface area contributed by atoms with Crippen molar-refractivity contribution >= 4 is 5.91 Å². The second-order valence-corrected chi connectivity index (χ2v) is 5.95. The lowest BCUT2D eigenvalue weighted by atomic mass is 9.86. The number of amides is 1. The topological polar surface area (TPSA) is 92.7 Å². The summed E-state index contributed by atoms with van der Waals surface area (Å²) in [4.78, 5) is 33.5. The predicted octanol–water partition coefficient (Wildman–Crippen LogP) is 0.811. The number of hydrogen-bond acceptors (Lipinski definition) is 4. The highest BCUT2D eigenvalue weighted by molar-refractivity contribution is 5.92. The maximum absolute atomic E-state index is 12.2. The van der Waals surface area contributed by atoms with Crippen molar-refractivity contribution in [1.29, 1.82) is 0 Å². The van der Waals surface area contributed by atoms with E-state index in [0.29, 0.717) is 6.54 Å². The minimum Gasteiger partial charge on any atom is -0.346 e. The van der Waals surface area contributed by atoms with E-state index in [1.165, 1.54) is 6.20 Å². The van der Waals surface area contributed by atoms with Crippen LogP contribution < -0.4 is 10.9 Å². The van der Waals surface area contributed by atoms with Gasteiger partial charge in [-0.2, -0.15) is 0 Å². The van der Waals surface area contributed by atoms with Crippen LogP contribution in [0.5, 0.6) is 0 Å². The van der Waals surface area contributed by atoms with Crippen LogP contribution in [-0.4, -0.2) is 31.5 Å². The number of carbonyl (C=O) groups excluding carboxylic acids is 1. The van der Waals surface area contributed by atoms with Crippen molar-refractivity contribution in [2.24, 2.45) is 5.41 Å². The van der Waals surface area contributed by atoms with E-state index in [2.05, 4.69) is 41.0 Å². The van der Waals surface area contributed by atoms with E-state index >= 15 is 0 Å². The van der Waals surface area contributed by atoms with Crippen LogP contribution in [0.2, 0.25) is 0 Å². The minimum atomic E-state index is -0.336. The van der Waals surface area contributed by atoms with Crippen LogP contribution >= 0.6 is 0 Å². The summed E-state index contributed by atoms with van der Waals surface area (Å²) in [5.74, 6) is -0.314. The van der Waals surface area contributed by atoms with Gasteiger partial charge in [0, 0.05) is 25.1 Å². The van der Waals surface area contributed by atoms with Gasteiger partial charge in [-0.05, 0) is 5.41 Å². The van der Waals surface area contributed by atoms with Crippen LogP contribution in [0.3, 0.4) is 0 Å². The number of aromatic amines is 1. The van der Waals surface area contributed by atoms with Crippen molar-refractivity contribution in [2.75, 3.05) is 0 Å². The van der Waals surface area contributed by atoms with E-state index in [0.717, 1.165) is 6.20 Å². The Morgan fingerprint density at radius 3 is 2.76 bits per heavy atom. The lowest BCUT2D eigenvalue weighted by Gasteiger charge is -2.31. The number of rotatable bonds is 4. The van der Waals surface area contributed by atoms with E-state index in [-0.39, 0.29) is 28.6 Å². The van der Waals surface area contributed by atoms with Crippen LogP contribution in [0.15, 0.2) is 35.9 Å². The molecule has 21 heavy (non-hydrogen) atoms. The third-order valence-corrected chi connectivity index (χ3v) is 3.21. The first-order valence-electron chi connectivity index (χ1n) is 6.67. The standard InChI is InChI=1S/C14H19N5O2/c1-14(2,3)11(8-19-5-4-15-9-19)18-13(21)10-6-17-12(20)7-16-10/h4-7,9,11H,8H2,1-3H3,(H,17,20)(H,18,21). The van der Waals surface area contributed by atoms with Crippen LogP contribution in [0, 0.1) is 5.41 Å². The van der Waals surface area contributed by atoms with Crippen molar-refractivity contribution in [3.05, 3.63) is 47.2 Å². The molecular weight excluding hydrogens is 270 g/mol. The van der Waals surface area contributed by atoms with Crippen LogP contribution in [0.25, 0.3) is 0 Å². The van der Waals surface area contributed by atoms with Gasteiger partial charge in [-0.3, -0.25) is 9.59 Å². The van der Waals surface area contributed by atoms with Gasteiger partial charge in [0.1, 0.15) is 5.69 Å². The Balaban J connectivity index is 2.13. The molecule has 2 rings (SSSR count). The van der Waals surface area contributed by atoms with Crippen molar-refractivity contribution in [3.8, 4) is 0 Å². The van der Waals surface area contributed by atoms with Gasteiger partial charge in [0.25, 0.3) is 11.5 Å². The molecule has 0 aromatic carbocycles. The van der Waals surface area contributed by atoms with Crippen LogP contribution in [0.4, 0.5) is 0 Å². The highest BCUT2D eigenvalue weighted by Crippen LogP contribution is 2.21. The Kier molecular flexibility index (Phi) is 4.21. The van der Waals surface area contributed by atoms with Gasteiger partial charge in [0.05, 0.1) is 18.6 Å². The van der Waals surface area contributed by atoms with Crippen molar-refractivity contribution in [1.82, 2.24) is 24.8 Å². The molecular formula is C14H19N5O2. The number of imidazole rings is 1. The fraction of sp³-hybridized carbons (Fsp3) is 0.429. The summed E-state index contributed by atoms with van der Waals surface area (Å²) in [5.41, 5.74) is -0.283. The van der Waals surface area contributed by atoms with Crippen LogP contribution in [-0.2, 0) is 6.54 Å². The Labute approximate surface area is 122 Å². The molecule has 2 N–H and O–H groups in total. The van der Waals surface area contributed by atoms with E-state index in [9.17, 15) is 9.59 Å². The van der Waals surface area contributed by atoms with Gasteiger partial charge >= 0.3 is 0 Å². The predicted molar refractivity (Wildman–Crippen MR) is 77.8 cm³/mol. The molecule has 0 saturated carbocycles. The van der Waals surface area contributed by atoms with Crippen molar-refractivity contribution in [3.63, 3.8) is 0 Å². The quantitative estimate of drug-likeness (QED) is 0.871. The summed E-state index contributed by atoms with van der Waals surface area (Å²) >= 11 is 0. The van der Waals surface area contributed by atoms with Gasteiger partial charge < -0.3 is 14.9 Å². The molecule has 1 unspecified atom stereocenters. The molecule has 2 aromatic heterocycles. The zero-order valence-electron chi connectivity index (χ0n) is 12.3. The molecule has 0 fully saturated rings. The molecule has 2 heterocycles. The number of H-pyrrole nitrogens is 1. The molecule has 112 valence electrons. The SMILES string of the molecule is CC(C)(C)C(Cn1ccnc1)NC(=O)c1c[nH]c(=O)cn1. The Morgan fingerprint density at radius 1 is 1.48 bits per heavy atom. The first-order valence-corrected chi connectivity index (χ1v) is 6.67. The molecule has 0 spiro atoms. The monoisotopic (exact) mass is 289 g/mol.